The number of aromatic nitrogens is 1. The zero-order valence-corrected chi connectivity index (χ0v) is 19.4. The van der Waals surface area contributed by atoms with E-state index < -0.39 is 0 Å². The maximum absolute atomic E-state index is 5.22. The van der Waals surface area contributed by atoms with E-state index in [1.807, 2.05) is 6.07 Å². The van der Waals surface area contributed by atoms with Crippen LogP contribution in [0.25, 0.3) is 21.8 Å². The highest BCUT2D eigenvalue weighted by molar-refractivity contribution is 7.19. The summed E-state index contributed by atoms with van der Waals surface area (Å²) in [4.78, 5) is 12.7. The van der Waals surface area contributed by atoms with E-state index in [-0.39, 0.29) is 0 Å². The molecule has 0 N–H and O–H groups in total. The van der Waals surface area contributed by atoms with E-state index in [4.69, 9.17) is 9.98 Å². The lowest BCUT2D eigenvalue weighted by Gasteiger charge is -2.31. The van der Waals surface area contributed by atoms with Gasteiger partial charge in [-0.3, -0.25) is 0 Å². The van der Waals surface area contributed by atoms with Crippen LogP contribution in [0.4, 0.5) is 5.00 Å². The second-order valence-electron chi connectivity index (χ2n) is 8.23. The Kier molecular flexibility index (Phi) is 5.87. The normalized spacial score (nSPS) is 13.8. The predicted octanol–water partition coefficient (Wildman–Crippen LogP) is 7.28. The van der Waals surface area contributed by atoms with Gasteiger partial charge in [-0.15, -0.1) is 0 Å². The molecule has 1 aliphatic rings. The van der Waals surface area contributed by atoms with Gasteiger partial charge in [-0.25, -0.2) is 9.98 Å². The minimum absolute atomic E-state index is 0.897. The summed E-state index contributed by atoms with van der Waals surface area (Å²) in [6.07, 6.45) is 1.96. The quantitative estimate of drug-likeness (QED) is 0.248. The van der Waals surface area contributed by atoms with Crippen LogP contribution in [0, 0.1) is 6.92 Å². The summed E-state index contributed by atoms with van der Waals surface area (Å²) < 4.78 is 0. The predicted molar refractivity (Wildman–Crippen MR) is 136 cm³/mol. The summed E-state index contributed by atoms with van der Waals surface area (Å²) >= 11 is 1.68. The lowest BCUT2D eigenvalue weighted by atomic mass is 10.00. The SMILES string of the molecule is CCC(=Nc1sc(-c2ccccc2)nc1-c1ccc(C)cc1)N1CCc2ccccc2C1. The van der Waals surface area contributed by atoms with Gasteiger partial charge in [-0.05, 0) is 24.5 Å². The van der Waals surface area contributed by atoms with Gasteiger partial charge in [0.1, 0.15) is 21.5 Å². The fourth-order valence-corrected chi connectivity index (χ4v) is 5.18. The third-order valence-corrected chi connectivity index (χ3v) is 7.00. The van der Waals surface area contributed by atoms with E-state index in [9.17, 15) is 0 Å². The molecule has 0 fully saturated rings. The van der Waals surface area contributed by atoms with Gasteiger partial charge in [0.15, 0.2) is 0 Å². The second kappa shape index (κ2) is 9.09. The molecule has 0 atom stereocenters. The molecule has 3 nitrogen and oxygen atoms in total. The van der Waals surface area contributed by atoms with Crippen molar-refractivity contribution >= 4 is 22.2 Å². The first kappa shape index (κ1) is 20.7. The van der Waals surface area contributed by atoms with Crippen LogP contribution in [-0.2, 0) is 13.0 Å². The molecule has 5 rings (SSSR count). The van der Waals surface area contributed by atoms with Crippen LogP contribution in [0.5, 0.6) is 0 Å². The molecule has 0 bridgehead atoms. The average molecular weight is 438 g/mol. The van der Waals surface area contributed by atoms with Gasteiger partial charge < -0.3 is 4.90 Å². The lowest BCUT2D eigenvalue weighted by Crippen LogP contribution is -2.35. The maximum atomic E-state index is 5.22. The number of nitrogens with zero attached hydrogens (tertiary/aromatic N) is 3. The zero-order valence-electron chi connectivity index (χ0n) is 18.6. The molecule has 1 aliphatic heterocycles. The van der Waals surface area contributed by atoms with Gasteiger partial charge in [0, 0.05) is 30.6 Å². The summed E-state index contributed by atoms with van der Waals surface area (Å²) in [5.41, 5.74) is 7.34. The van der Waals surface area contributed by atoms with Crippen LogP contribution in [0.2, 0.25) is 0 Å². The Hall–Kier alpha value is -3.24. The van der Waals surface area contributed by atoms with E-state index in [0.29, 0.717) is 0 Å². The molecule has 2 heterocycles. The number of hydrogen-bond acceptors (Lipinski definition) is 3. The van der Waals surface area contributed by atoms with E-state index in [1.54, 1.807) is 11.3 Å². The minimum atomic E-state index is 0.897. The fourth-order valence-electron chi connectivity index (χ4n) is 4.20. The molecule has 3 aromatic carbocycles. The standard InChI is InChI=1S/C28H27N3S/c1-3-25(31-18-17-21-9-7-8-12-24(21)19-31)29-28-26(22-15-13-20(2)14-16-22)30-27(32-28)23-10-5-4-6-11-23/h4-16H,3,17-19H2,1-2H3. The molecule has 4 heteroatoms. The molecule has 0 saturated carbocycles. The third-order valence-electron chi connectivity index (χ3n) is 6.00. The van der Waals surface area contributed by atoms with E-state index >= 15 is 0 Å². The number of aliphatic imine (C=N–C) groups is 1. The largest absolute Gasteiger partial charge is 0.355 e. The highest BCUT2D eigenvalue weighted by atomic mass is 32.1. The van der Waals surface area contributed by atoms with Crippen LogP contribution >= 0.6 is 11.3 Å². The third kappa shape index (κ3) is 4.23. The Labute approximate surface area is 194 Å². The summed E-state index contributed by atoms with van der Waals surface area (Å²) in [5.74, 6) is 1.14. The molecule has 4 aromatic rings. The highest BCUT2D eigenvalue weighted by Gasteiger charge is 2.20. The first-order valence-electron chi connectivity index (χ1n) is 11.2. The summed E-state index contributed by atoms with van der Waals surface area (Å²) in [6.45, 7) is 6.24. The number of rotatable bonds is 4. The molecule has 1 aromatic heterocycles. The van der Waals surface area contributed by atoms with Crippen LogP contribution in [0.1, 0.15) is 30.0 Å². The molecule has 0 radical (unpaired) electrons. The summed E-state index contributed by atoms with van der Waals surface area (Å²) in [7, 11) is 0. The van der Waals surface area contributed by atoms with E-state index in [2.05, 4.69) is 91.5 Å². The Morgan fingerprint density at radius 2 is 1.62 bits per heavy atom. The van der Waals surface area contributed by atoms with Gasteiger partial charge >= 0.3 is 0 Å². The van der Waals surface area contributed by atoms with Crippen molar-refractivity contribution in [3.63, 3.8) is 0 Å². The van der Waals surface area contributed by atoms with Crippen molar-refractivity contribution < 1.29 is 0 Å². The summed E-state index contributed by atoms with van der Waals surface area (Å²) in [6, 6.07) is 27.8. The van der Waals surface area contributed by atoms with Crippen LogP contribution < -0.4 is 0 Å². The van der Waals surface area contributed by atoms with Crippen molar-refractivity contribution in [2.75, 3.05) is 6.54 Å². The van der Waals surface area contributed by atoms with Crippen LogP contribution in [0.15, 0.2) is 83.9 Å². The topological polar surface area (TPSA) is 28.5 Å². The Balaban J connectivity index is 1.55. The zero-order chi connectivity index (χ0) is 21.9. The number of aryl methyl sites for hydroxylation is 1. The van der Waals surface area contributed by atoms with Crippen molar-refractivity contribution in [2.24, 2.45) is 4.99 Å². The molecule has 0 aliphatic carbocycles. The van der Waals surface area contributed by atoms with Gasteiger partial charge in [-0.1, -0.05) is 103 Å². The van der Waals surface area contributed by atoms with Crippen LogP contribution in [-0.4, -0.2) is 22.3 Å². The number of thiazole rings is 1. The number of benzene rings is 3. The molecule has 160 valence electrons. The Morgan fingerprint density at radius 1 is 0.906 bits per heavy atom. The molecular formula is C28H27N3S. The first-order chi connectivity index (χ1) is 15.7. The molecule has 0 spiro atoms. The Morgan fingerprint density at radius 3 is 2.38 bits per heavy atom. The summed E-state index contributed by atoms with van der Waals surface area (Å²) in [5, 5.41) is 2.00. The molecule has 0 unspecified atom stereocenters. The molecule has 0 saturated heterocycles. The van der Waals surface area contributed by atoms with Gasteiger partial charge in [-0.2, -0.15) is 0 Å². The van der Waals surface area contributed by atoms with Crippen molar-refractivity contribution in [3.05, 3.63) is 95.6 Å². The smallest absolute Gasteiger partial charge is 0.146 e. The number of hydrogen-bond donors (Lipinski definition) is 0. The van der Waals surface area contributed by atoms with Gasteiger partial charge in [0.2, 0.25) is 0 Å². The fraction of sp³-hybridized carbons (Fsp3) is 0.214. The molecular weight excluding hydrogens is 410 g/mol. The monoisotopic (exact) mass is 437 g/mol. The van der Waals surface area contributed by atoms with Crippen molar-refractivity contribution in [3.8, 4) is 21.8 Å². The lowest BCUT2D eigenvalue weighted by molar-refractivity contribution is 0.387. The minimum Gasteiger partial charge on any atom is -0.355 e. The average Bonchev–Trinajstić information content (AvgIpc) is 3.27. The van der Waals surface area contributed by atoms with Gasteiger partial charge in [0.25, 0.3) is 0 Å². The van der Waals surface area contributed by atoms with Gasteiger partial charge in [0.05, 0.1) is 0 Å². The Bertz CT molecular complexity index is 1240. The molecule has 0 amide bonds. The van der Waals surface area contributed by atoms with E-state index in [0.717, 1.165) is 58.6 Å². The van der Waals surface area contributed by atoms with Crippen LogP contribution in [0.3, 0.4) is 0 Å². The number of fused-ring (bicyclic) bond motifs is 1. The first-order valence-corrected chi connectivity index (χ1v) is 12.1. The van der Waals surface area contributed by atoms with Crippen molar-refractivity contribution in [2.45, 2.75) is 33.2 Å². The second-order valence-corrected chi connectivity index (χ2v) is 9.20. The van der Waals surface area contributed by atoms with Crippen molar-refractivity contribution in [1.82, 2.24) is 9.88 Å². The van der Waals surface area contributed by atoms with Crippen molar-refractivity contribution in [1.29, 1.82) is 0 Å². The maximum Gasteiger partial charge on any atom is 0.146 e. The number of amidine groups is 1. The highest BCUT2D eigenvalue weighted by Crippen LogP contribution is 2.40. The molecule has 32 heavy (non-hydrogen) atoms. The van der Waals surface area contributed by atoms with E-state index in [1.165, 1.54) is 16.7 Å².